The number of hydrogen-bond acceptors (Lipinski definition) is 5. The molecule has 25 heavy (non-hydrogen) atoms. The summed E-state index contributed by atoms with van der Waals surface area (Å²) in [6.07, 6.45) is 0. The topological polar surface area (TPSA) is 59.4 Å². The number of likely N-dealkylation sites (N-methyl/N-ethyl adjacent to an activating group) is 1. The summed E-state index contributed by atoms with van der Waals surface area (Å²) in [6, 6.07) is 11.1. The fourth-order valence-corrected chi connectivity index (χ4v) is 3.75. The smallest absolute Gasteiger partial charge is 0.251 e. The van der Waals surface area contributed by atoms with E-state index in [0.717, 1.165) is 26.2 Å². The van der Waals surface area contributed by atoms with Crippen molar-refractivity contribution >= 4 is 17.2 Å². The van der Waals surface area contributed by atoms with Gasteiger partial charge in [-0.2, -0.15) is 16.6 Å². The molecule has 1 aromatic heterocycles. The van der Waals surface area contributed by atoms with Crippen molar-refractivity contribution in [2.45, 2.75) is 6.04 Å². The molecule has 1 atom stereocenters. The van der Waals surface area contributed by atoms with E-state index in [9.17, 15) is 4.79 Å². The molecule has 1 aliphatic heterocycles. The zero-order valence-electron chi connectivity index (χ0n) is 14.3. The molecule has 5 nitrogen and oxygen atoms in total. The summed E-state index contributed by atoms with van der Waals surface area (Å²) in [6.45, 7) is 4.68. The number of nitrogens with zero attached hydrogens (tertiary/aromatic N) is 3. The van der Waals surface area contributed by atoms with Crippen molar-refractivity contribution in [1.29, 1.82) is 5.26 Å². The van der Waals surface area contributed by atoms with Gasteiger partial charge in [-0.3, -0.25) is 9.69 Å². The highest BCUT2D eigenvalue weighted by Gasteiger charge is 2.24. The lowest BCUT2D eigenvalue weighted by Crippen LogP contribution is -2.48. The van der Waals surface area contributed by atoms with E-state index in [1.807, 2.05) is 0 Å². The van der Waals surface area contributed by atoms with Crippen LogP contribution in [-0.4, -0.2) is 55.5 Å². The van der Waals surface area contributed by atoms with Crippen LogP contribution in [0.4, 0.5) is 0 Å². The second kappa shape index (κ2) is 8.26. The van der Waals surface area contributed by atoms with Crippen molar-refractivity contribution in [3.05, 3.63) is 57.8 Å². The van der Waals surface area contributed by atoms with Crippen LogP contribution in [0.15, 0.2) is 41.1 Å². The third kappa shape index (κ3) is 4.45. The SMILES string of the molecule is CN1CCN([C@H](CNC(=O)c2ccc(C#N)cc2)c2ccsc2)CC1. The quantitative estimate of drug-likeness (QED) is 0.895. The second-order valence-electron chi connectivity index (χ2n) is 6.31. The summed E-state index contributed by atoms with van der Waals surface area (Å²) >= 11 is 1.69. The molecule has 1 aromatic carbocycles. The molecule has 0 radical (unpaired) electrons. The van der Waals surface area contributed by atoms with Gasteiger partial charge >= 0.3 is 0 Å². The maximum Gasteiger partial charge on any atom is 0.251 e. The van der Waals surface area contributed by atoms with E-state index in [4.69, 9.17) is 5.26 Å². The Balaban J connectivity index is 1.66. The molecule has 6 heteroatoms. The number of nitrogens with one attached hydrogen (secondary N) is 1. The van der Waals surface area contributed by atoms with Crippen LogP contribution in [0.1, 0.15) is 27.5 Å². The van der Waals surface area contributed by atoms with Crippen LogP contribution in [0.25, 0.3) is 0 Å². The molecule has 2 heterocycles. The van der Waals surface area contributed by atoms with Crippen molar-refractivity contribution < 1.29 is 4.79 Å². The minimum absolute atomic E-state index is 0.0983. The van der Waals surface area contributed by atoms with E-state index in [-0.39, 0.29) is 11.9 Å². The van der Waals surface area contributed by atoms with E-state index in [1.165, 1.54) is 5.56 Å². The minimum atomic E-state index is -0.0983. The molecule has 0 unspecified atom stereocenters. The summed E-state index contributed by atoms with van der Waals surface area (Å²) < 4.78 is 0. The zero-order chi connectivity index (χ0) is 17.6. The van der Waals surface area contributed by atoms with Crippen LogP contribution in [0, 0.1) is 11.3 Å². The van der Waals surface area contributed by atoms with Gasteiger partial charge in [-0.15, -0.1) is 0 Å². The predicted octanol–water partition coefficient (Wildman–Crippen LogP) is 2.34. The van der Waals surface area contributed by atoms with Gasteiger partial charge < -0.3 is 10.2 Å². The van der Waals surface area contributed by atoms with Crippen LogP contribution >= 0.6 is 11.3 Å². The second-order valence-corrected chi connectivity index (χ2v) is 7.09. The first-order chi connectivity index (χ1) is 12.2. The van der Waals surface area contributed by atoms with Crippen LogP contribution in [0.3, 0.4) is 0 Å². The Hall–Kier alpha value is -2.20. The third-order valence-electron chi connectivity index (χ3n) is 4.64. The van der Waals surface area contributed by atoms with E-state index in [2.05, 4.69) is 45.1 Å². The molecule has 1 aliphatic rings. The highest BCUT2D eigenvalue weighted by Crippen LogP contribution is 2.23. The maximum atomic E-state index is 12.4. The number of benzene rings is 1. The van der Waals surface area contributed by atoms with Crippen molar-refractivity contribution in [3.63, 3.8) is 0 Å². The lowest BCUT2D eigenvalue weighted by atomic mass is 10.1. The highest BCUT2D eigenvalue weighted by atomic mass is 32.1. The van der Waals surface area contributed by atoms with E-state index in [1.54, 1.807) is 35.6 Å². The first kappa shape index (κ1) is 17.6. The van der Waals surface area contributed by atoms with Gasteiger partial charge in [0, 0.05) is 38.3 Å². The Kier molecular flexibility index (Phi) is 5.82. The summed E-state index contributed by atoms with van der Waals surface area (Å²) in [4.78, 5) is 17.2. The Bertz CT molecular complexity index is 728. The summed E-state index contributed by atoms with van der Waals surface area (Å²) in [5.74, 6) is -0.0983. The summed E-state index contributed by atoms with van der Waals surface area (Å²) in [7, 11) is 2.14. The number of amides is 1. The van der Waals surface area contributed by atoms with Crippen LogP contribution < -0.4 is 5.32 Å². The Labute approximate surface area is 152 Å². The molecule has 0 spiro atoms. The molecule has 2 aromatic rings. The fourth-order valence-electron chi connectivity index (χ4n) is 3.04. The Morgan fingerprint density at radius 2 is 1.96 bits per heavy atom. The lowest BCUT2D eigenvalue weighted by molar-refractivity contribution is 0.0887. The van der Waals surface area contributed by atoms with Crippen LogP contribution in [-0.2, 0) is 0 Å². The summed E-state index contributed by atoms with van der Waals surface area (Å²) in [5.41, 5.74) is 2.40. The van der Waals surface area contributed by atoms with Gasteiger partial charge in [0.2, 0.25) is 0 Å². The number of carbonyl (C=O) groups is 1. The normalized spacial score (nSPS) is 17.0. The Morgan fingerprint density at radius 1 is 1.24 bits per heavy atom. The maximum absolute atomic E-state index is 12.4. The fraction of sp³-hybridized carbons (Fsp3) is 0.368. The average molecular weight is 354 g/mol. The third-order valence-corrected chi connectivity index (χ3v) is 5.34. The van der Waals surface area contributed by atoms with Gasteiger partial charge in [0.25, 0.3) is 5.91 Å². The van der Waals surface area contributed by atoms with Gasteiger partial charge in [0.05, 0.1) is 17.7 Å². The monoisotopic (exact) mass is 354 g/mol. The number of nitriles is 1. The van der Waals surface area contributed by atoms with E-state index >= 15 is 0 Å². The van der Waals surface area contributed by atoms with Crippen molar-refractivity contribution in [1.82, 2.24) is 15.1 Å². The van der Waals surface area contributed by atoms with Crippen molar-refractivity contribution in [2.24, 2.45) is 0 Å². The van der Waals surface area contributed by atoms with Gasteiger partial charge in [0.1, 0.15) is 0 Å². The number of rotatable bonds is 5. The lowest BCUT2D eigenvalue weighted by Gasteiger charge is -2.38. The first-order valence-electron chi connectivity index (χ1n) is 8.40. The van der Waals surface area contributed by atoms with Gasteiger partial charge in [-0.1, -0.05) is 0 Å². The van der Waals surface area contributed by atoms with Gasteiger partial charge in [-0.25, -0.2) is 0 Å². The number of piperazine rings is 1. The van der Waals surface area contributed by atoms with Crippen LogP contribution in [0.5, 0.6) is 0 Å². The molecule has 0 bridgehead atoms. The molecule has 1 fully saturated rings. The van der Waals surface area contributed by atoms with Gasteiger partial charge in [-0.05, 0) is 53.7 Å². The highest BCUT2D eigenvalue weighted by molar-refractivity contribution is 7.07. The molecule has 3 rings (SSSR count). The summed E-state index contributed by atoms with van der Waals surface area (Å²) in [5, 5.41) is 16.2. The van der Waals surface area contributed by atoms with Gasteiger partial charge in [0.15, 0.2) is 0 Å². The standard InChI is InChI=1S/C19H22N4OS/c1-22-7-9-23(10-8-22)18(17-6-11-25-14-17)13-21-19(24)16-4-2-15(12-20)3-5-16/h2-6,11,14,18H,7-10,13H2,1H3,(H,21,24)/t18-/m1/s1. The molecule has 1 amide bonds. The van der Waals surface area contributed by atoms with E-state index < -0.39 is 0 Å². The Morgan fingerprint density at radius 3 is 2.56 bits per heavy atom. The minimum Gasteiger partial charge on any atom is -0.350 e. The molecule has 0 saturated carbocycles. The van der Waals surface area contributed by atoms with E-state index in [0.29, 0.717) is 17.7 Å². The molecule has 130 valence electrons. The molecule has 0 aliphatic carbocycles. The van der Waals surface area contributed by atoms with Crippen molar-refractivity contribution in [3.8, 4) is 6.07 Å². The molecular formula is C19H22N4OS. The van der Waals surface area contributed by atoms with Crippen molar-refractivity contribution in [2.75, 3.05) is 39.8 Å². The zero-order valence-corrected chi connectivity index (χ0v) is 15.1. The largest absolute Gasteiger partial charge is 0.350 e. The van der Waals surface area contributed by atoms with Crippen LogP contribution in [0.2, 0.25) is 0 Å². The predicted molar refractivity (Wildman–Crippen MR) is 99.6 cm³/mol. The first-order valence-corrected chi connectivity index (χ1v) is 9.34. The number of carbonyl (C=O) groups excluding carboxylic acids is 1. The molecule has 1 saturated heterocycles. The number of hydrogen-bond donors (Lipinski definition) is 1. The number of thiophene rings is 1. The molecule has 1 N–H and O–H groups in total. The molecular weight excluding hydrogens is 332 g/mol. The average Bonchev–Trinajstić information content (AvgIpc) is 3.17.